The summed E-state index contributed by atoms with van der Waals surface area (Å²) in [5.41, 5.74) is 6.71. The number of hydrazine groups is 1. The van der Waals surface area contributed by atoms with Gasteiger partial charge in [0.1, 0.15) is 6.04 Å². The van der Waals surface area contributed by atoms with Gasteiger partial charge in [-0.25, -0.2) is 0 Å². The highest BCUT2D eigenvalue weighted by molar-refractivity contribution is 7.80. The van der Waals surface area contributed by atoms with Crippen LogP contribution in [0.25, 0.3) is 0 Å². The van der Waals surface area contributed by atoms with E-state index in [1.54, 1.807) is 0 Å². The van der Waals surface area contributed by atoms with E-state index in [0.29, 0.717) is 25.9 Å². The van der Waals surface area contributed by atoms with Crippen LogP contribution in [-0.2, 0) is 29.1 Å². The fourth-order valence-electron chi connectivity index (χ4n) is 2.40. The summed E-state index contributed by atoms with van der Waals surface area (Å²) in [7, 11) is -4.65. The molecule has 0 aromatic carbocycles. The van der Waals surface area contributed by atoms with Gasteiger partial charge in [0.25, 0.3) is 5.91 Å². The number of amides is 3. The van der Waals surface area contributed by atoms with Crippen molar-refractivity contribution in [3.8, 4) is 0 Å². The second kappa shape index (κ2) is 7.85. The highest BCUT2D eigenvalue weighted by Crippen LogP contribution is 2.16. The van der Waals surface area contributed by atoms with E-state index in [1.807, 2.05) is 0 Å². The van der Waals surface area contributed by atoms with Crippen LogP contribution >= 0.6 is 0 Å². The Labute approximate surface area is 138 Å². The van der Waals surface area contributed by atoms with Gasteiger partial charge in [0.2, 0.25) is 12.3 Å². The largest absolute Gasteiger partial charge is 0.413 e. The third-order valence-electron chi connectivity index (χ3n) is 3.84. The fraction of sp³-hybridized carbons (Fsp3) is 0.727. The summed E-state index contributed by atoms with van der Waals surface area (Å²) < 4.78 is 33.6. The molecule has 3 amide bonds. The highest BCUT2D eigenvalue weighted by atomic mass is 32.3. The number of nitrogens with one attached hydrogen (secondary N) is 4. The SMILES string of the molecule is O=CN1C[C@H](NOS(=O)(=O)O)CC[C@H]1C(=O)NNC(=O)C1CNC1. The van der Waals surface area contributed by atoms with Gasteiger partial charge in [-0.05, 0) is 12.8 Å². The van der Waals surface area contributed by atoms with Crippen LogP contribution in [0.3, 0.4) is 0 Å². The van der Waals surface area contributed by atoms with Gasteiger partial charge in [-0.3, -0.25) is 29.8 Å². The van der Waals surface area contributed by atoms with Gasteiger partial charge in [-0.15, -0.1) is 0 Å². The van der Waals surface area contributed by atoms with Gasteiger partial charge >= 0.3 is 10.4 Å². The van der Waals surface area contributed by atoms with E-state index in [9.17, 15) is 22.8 Å². The molecule has 0 radical (unpaired) electrons. The molecule has 2 fully saturated rings. The van der Waals surface area contributed by atoms with E-state index in [0.717, 1.165) is 4.90 Å². The number of piperidine rings is 1. The van der Waals surface area contributed by atoms with Crippen LogP contribution in [0.15, 0.2) is 0 Å². The summed E-state index contributed by atoms with van der Waals surface area (Å²) in [6, 6.07) is -1.37. The van der Waals surface area contributed by atoms with Gasteiger partial charge in [-0.2, -0.15) is 18.2 Å². The number of hydroxylamine groups is 1. The first-order valence-electron chi connectivity index (χ1n) is 7.23. The zero-order chi connectivity index (χ0) is 17.7. The molecule has 0 aliphatic carbocycles. The molecule has 0 bridgehead atoms. The van der Waals surface area contributed by atoms with Crippen molar-refractivity contribution >= 4 is 28.6 Å². The normalized spacial score (nSPS) is 24.8. The van der Waals surface area contributed by atoms with E-state index < -0.39 is 28.4 Å². The van der Waals surface area contributed by atoms with Crippen LogP contribution in [0, 0.1) is 5.92 Å². The summed E-state index contributed by atoms with van der Waals surface area (Å²) in [5.74, 6) is -1.04. The van der Waals surface area contributed by atoms with E-state index in [4.69, 9.17) is 4.55 Å². The Bertz CT molecular complexity index is 594. The number of rotatable bonds is 6. The minimum Gasteiger partial charge on any atom is -0.332 e. The lowest BCUT2D eigenvalue weighted by molar-refractivity contribution is -0.139. The molecule has 12 nitrogen and oxygen atoms in total. The highest BCUT2D eigenvalue weighted by Gasteiger charge is 2.33. The minimum absolute atomic E-state index is 0.00238. The van der Waals surface area contributed by atoms with E-state index in [2.05, 4.69) is 25.9 Å². The summed E-state index contributed by atoms with van der Waals surface area (Å²) in [6.07, 6.45) is 0.986. The molecule has 2 heterocycles. The van der Waals surface area contributed by atoms with Gasteiger partial charge in [0.05, 0.1) is 12.0 Å². The molecule has 2 rings (SSSR count). The number of hydrogen-bond donors (Lipinski definition) is 5. The molecular weight excluding hydrogens is 346 g/mol. The Kier molecular flexibility index (Phi) is 6.06. The molecule has 5 N–H and O–H groups in total. The lowest BCUT2D eigenvalue weighted by atomic mass is 9.99. The molecule has 24 heavy (non-hydrogen) atoms. The van der Waals surface area contributed by atoms with Crippen LogP contribution in [0.4, 0.5) is 0 Å². The van der Waals surface area contributed by atoms with Crippen molar-refractivity contribution in [2.45, 2.75) is 24.9 Å². The molecule has 2 aliphatic heterocycles. The molecule has 2 atom stereocenters. The van der Waals surface area contributed by atoms with E-state index in [1.165, 1.54) is 0 Å². The predicted octanol–water partition coefficient (Wildman–Crippen LogP) is -3.33. The Hall–Kier alpha value is -1.80. The first-order valence-corrected chi connectivity index (χ1v) is 8.59. The minimum atomic E-state index is -4.65. The third-order valence-corrected chi connectivity index (χ3v) is 4.15. The first kappa shape index (κ1) is 18.5. The summed E-state index contributed by atoms with van der Waals surface area (Å²) in [5, 5.41) is 2.93. The second-order valence-corrected chi connectivity index (χ2v) is 6.58. The molecule has 0 aromatic rings. The average molecular weight is 365 g/mol. The zero-order valence-corrected chi connectivity index (χ0v) is 13.4. The van der Waals surface area contributed by atoms with Crippen molar-refractivity contribution in [1.29, 1.82) is 0 Å². The zero-order valence-electron chi connectivity index (χ0n) is 12.6. The maximum absolute atomic E-state index is 12.1. The number of likely N-dealkylation sites (tertiary alicyclic amines) is 1. The average Bonchev–Trinajstić information content (AvgIpc) is 2.47. The standard InChI is InChI=1S/C11H19N5O7S/c17-6-16-5-8(15-23-24(20,21)22)1-2-9(16)11(19)14-13-10(18)7-3-12-4-7/h6-9,12,15H,1-5H2,(H,13,18)(H,14,19)(H,20,21,22)/t8-,9+/m1/s1. The third kappa shape index (κ3) is 5.10. The van der Waals surface area contributed by atoms with Gasteiger partial charge in [0, 0.05) is 19.6 Å². The van der Waals surface area contributed by atoms with Crippen LogP contribution < -0.4 is 21.6 Å². The monoisotopic (exact) mass is 365 g/mol. The maximum Gasteiger partial charge on any atom is 0.413 e. The van der Waals surface area contributed by atoms with Crippen LogP contribution in [-0.4, -0.2) is 67.8 Å². The van der Waals surface area contributed by atoms with Crippen molar-refractivity contribution in [2.75, 3.05) is 19.6 Å². The maximum atomic E-state index is 12.1. The Balaban J connectivity index is 1.81. The van der Waals surface area contributed by atoms with Crippen molar-refractivity contribution in [1.82, 2.24) is 26.5 Å². The van der Waals surface area contributed by atoms with Crippen LogP contribution in [0.5, 0.6) is 0 Å². The Morgan fingerprint density at radius 1 is 1.21 bits per heavy atom. The molecule has 2 saturated heterocycles. The number of hydrogen-bond acceptors (Lipinski definition) is 8. The molecular formula is C11H19N5O7S. The Morgan fingerprint density at radius 3 is 2.42 bits per heavy atom. The van der Waals surface area contributed by atoms with Crippen molar-refractivity contribution in [3.05, 3.63) is 0 Å². The molecule has 13 heteroatoms. The number of carbonyl (C=O) groups is 3. The molecule has 0 unspecified atom stereocenters. The molecule has 0 saturated carbocycles. The van der Waals surface area contributed by atoms with Gasteiger partial charge < -0.3 is 10.2 Å². The summed E-state index contributed by atoms with van der Waals surface area (Å²) in [6.45, 7) is 1.09. The molecule has 0 spiro atoms. The van der Waals surface area contributed by atoms with Gasteiger partial charge in [0.15, 0.2) is 0 Å². The van der Waals surface area contributed by atoms with Crippen molar-refractivity contribution in [3.63, 3.8) is 0 Å². The lowest BCUT2D eigenvalue weighted by Gasteiger charge is -2.36. The van der Waals surface area contributed by atoms with Crippen molar-refractivity contribution < 1.29 is 31.6 Å². The smallest absolute Gasteiger partial charge is 0.332 e. The molecule has 0 aromatic heterocycles. The second-order valence-electron chi connectivity index (χ2n) is 5.55. The van der Waals surface area contributed by atoms with E-state index in [-0.39, 0.29) is 24.8 Å². The number of nitrogens with zero attached hydrogens (tertiary/aromatic N) is 1. The predicted molar refractivity (Wildman–Crippen MR) is 78.0 cm³/mol. The topological polar surface area (TPSA) is 166 Å². The quantitative estimate of drug-likeness (QED) is 0.184. The molecule has 2 aliphatic rings. The lowest BCUT2D eigenvalue weighted by Crippen LogP contribution is -2.60. The van der Waals surface area contributed by atoms with Gasteiger partial charge in [-0.1, -0.05) is 0 Å². The van der Waals surface area contributed by atoms with Crippen LogP contribution in [0.2, 0.25) is 0 Å². The Morgan fingerprint density at radius 2 is 1.88 bits per heavy atom. The first-order chi connectivity index (χ1) is 11.3. The van der Waals surface area contributed by atoms with E-state index >= 15 is 0 Å². The summed E-state index contributed by atoms with van der Waals surface area (Å²) in [4.78, 5) is 36.0. The van der Waals surface area contributed by atoms with Crippen LogP contribution in [0.1, 0.15) is 12.8 Å². The number of carbonyl (C=O) groups excluding carboxylic acids is 3. The molecule has 136 valence electrons. The summed E-state index contributed by atoms with van der Waals surface area (Å²) >= 11 is 0. The van der Waals surface area contributed by atoms with Crippen molar-refractivity contribution in [2.24, 2.45) is 5.92 Å². The fourth-order valence-corrected chi connectivity index (χ4v) is 2.66.